The van der Waals surface area contributed by atoms with Gasteiger partial charge in [0.05, 0.1) is 11.6 Å². The summed E-state index contributed by atoms with van der Waals surface area (Å²) in [6, 6.07) is 11.0. The maximum atomic E-state index is 14.8. The van der Waals surface area contributed by atoms with Crippen LogP contribution in [0.5, 0.6) is 0 Å². The third-order valence-corrected chi connectivity index (χ3v) is 6.46. The average Bonchev–Trinajstić information content (AvgIpc) is 3.28. The van der Waals surface area contributed by atoms with E-state index in [0.717, 1.165) is 17.5 Å². The van der Waals surface area contributed by atoms with Crippen molar-refractivity contribution in [2.75, 3.05) is 6.54 Å². The van der Waals surface area contributed by atoms with Crippen LogP contribution in [-0.4, -0.2) is 32.2 Å². The first-order chi connectivity index (χ1) is 15.1. The van der Waals surface area contributed by atoms with E-state index in [1.807, 2.05) is 24.3 Å². The van der Waals surface area contributed by atoms with Crippen LogP contribution in [0.4, 0.5) is 4.39 Å². The van der Waals surface area contributed by atoms with Crippen molar-refractivity contribution in [3.8, 4) is 0 Å². The van der Waals surface area contributed by atoms with Gasteiger partial charge in [-0.2, -0.15) is 5.10 Å². The molecular formula is C23H20ClFN4O2. The summed E-state index contributed by atoms with van der Waals surface area (Å²) in [4.78, 5) is 17.4. The number of allylic oxidation sites excluding steroid dienone is 1. The maximum absolute atomic E-state index is 14.8. The number of hydrogen-bond donors (Lipinski definition) is 2. The van der Waals surface area contributed by atoms with Crippen LogP contribution >= 0.6 is 11.6 Å². The first-order valence-electron chi connectivity index (χ1n) is 10.1. The zero-order chi connectivity index (χ0) is 21.5. The van der Waals surface area contributed by atoms with Crippen molar-refractivity contribution >= 4 is 17.4 Å². The Bertz CT molecular complexity index is 1160. The smallest absolute Gasteiger partial charge is 0.164 e. The van der Waals surface area contributed by atoms with E-state index in [1.54, 1.807) is 6.07 Å². The molecule has 0 bridgehead atoms. The van der Waals surface area contributed by atoms with Crippen LogP contribution in [0.3, 0.4) is 0 Å². The Morgan fingerprint density at radius 1 is 1.19 bits per heavy atom. The summed E-state index contributed by atoms with van der Waals surface area (Å²) in [5.74, 6) is -1.62. The second-order valence-electron chi connectivity index (χ2n) is 7.82. The van der Waals surface area contributed by atoms with Crippen molar-refractivity contribution in [2.24, 2.45) is 0 Å². The van der Waals surface area contributed by atoms with Gasteiger partial charge in [0.25, 0.3) is 0 Å². The third kappa shape index (κ3) is 3.34. The zero-order valence-corrected chi connectivity index (χ0v) is 17.3. The van der Waals surface area contributed by atoms with Gasteiger partial charge < -0.3 is 10.4 Å². The number of halogens is 2. The molecule has 0 saturated heterocycles. The monoisotopic (exact) mass is 438 g/mol. The predicted octanol–water partition coefficient (Wildman–Crippen LogP) is 4.07. The number of ketones is 1. The summed E-state index contributed by atoms with van der Waals surface area (Å²) in [6.07, 6.45) is 3.63. The molecule has 8 heteroatoms. The molecule has 0 spiro atoms. The Hall–Kier alpha value is -3.03. The Morgan fingerprint density at radius 3 is 2.81 bits per heavy atom. The molecule has 0 radical (unpaired) electrons. The second-order valence-corrected chi connectivity index (χ2v) is 8.23. The molecule has 158 valence electrons. The Labute approximate surface area is 183 Å². The van der Waals surface area contributed by atoms with Crippen LogP contribution in [0.25, 0.3) is 0 Å². The summed E-state index contributed by atoms with van der Waals surface area (Å²) in [7, 11) is 0. The molecule has 2 aliphatic rings. The van der Waals surface area contributed by atoms with Gasteiger partial charge in [0, 0.05) is 29.5 Å². The van der Waals surface area contributed by atoms with E-state index in [9.17, 15) is 14.3 Å². The molecule has 0 fully saturated rings. The van der Waals surface area contributed by atoms with E-state index in [0.29, 0.717) is 6.54 Å². The molecule has 5 rings (SSSR count). The third-order valence-electron chi connectivity index (χ3n) is 6.13. The topological polar surface area (TPSA) is 80.0 Å². The van der Waals surface area contributed by atoms with E-state index in [-0.39, 0.29) is 34.1 Å². The van der Waals surface area contributed by atoms with E-state index in [4.69, 9.17) is 11.6 Å². The van der Waals surface area contributed by atoms with Gasteiger partial charge in [0.1, 0.15) is 30.3 Å². The minimum Gasteiger partial charge on any atom is -0.510 e. The van der Waals surface area contributed by atoms with Gasteiger partial charge in [-0.1, -0.05) is 41.9 Å². The van der Waals surface area contributed by atoms with Crippen molar-refractivity contribution in [3.63, 3.8) is 0 Å². The molecular weight excluding hydrogens is 419 g/mol. The Morgan fingerprint density at radius 2 is 2.03 bits per heavy atom. The van der Waals surface area contributed by atoms with Gasteiger partial charge >= 0.3 is 0 Å². The number of hydrogen-bond acceptors (Lipinski definition) is 5. The molecule has 0 amide bonds. The Kier molecular flexibility index (Phi) is 5.08. The van der Waals surface area contributed by atoms with Crippen molar-refractivity contribution < 1.29 is 14.3 Å². The fourth-order valence-electron chi connectivity index (χ4n) is 4.78. The lowest BCUT2D eigenvalue weighted by atomic mass is 9.75. The molecule has 31 heavy (non-hydrogen) atoms. The number of fused-ring (bicyclic) bond motifs is 1. The zero-order valence-electron chi connectivity index (χ0n) is 16.5. The standard InChI is InChI=1S/C23H20ClFN4O2/c24-16-6-3-7-17(25)19(16)15-10-18(30)20(23(31)22(15)29-12-26-11-28-29)21-14-5-2-1-4-13(14)8-9-27-21/h1-7,11-12,15,21-22,27,31H,8-10H2/t15-,21+,22-/m0/s1. The molecule has 1 aromatic heterocycles. The lowest BCUT2D eigenvalue weighted by Gasteiger charge is -2.37. The number of Topliss-reactive ketones (excluding diaryl/α,β-unsaturated/α-hetero) is 1. The quantitative estimate of drug-likeness (QED) is 0.644. The SMILES string of the molecule is O=C1C[C@@H](c2c(F)cccc2Cl)[C@H](n2cncn2)C(O)=C1[C@@H]1NCCc2ccccc21. The van der Waals surface area contributed by atoms with Crippen LogP contribution in [-0.2, 0) is 11.2 Å². The highest BCUT2D eigenvalue weighted by Gasteiger charge is 2.44. The minimum absolute atomic E-state index is 0.00901. The normalized spacial score (nSPS) is 23.7. The van der Waals surface area contributed by atoms with Crippen LogP contribution in [0.2, 0.25) is 5.02 Å². The van der Waals surface area contributed by atoms with Crippen molar-refractivity contribution in [3.05, 3.63) is 94.0 Å². The number of benzene rings is 2. The largest absolute Gasteiger partial charge is 0.510 e. The molecule has 3 aromatic rings. The number of carbonyl (C=O) groups excluding carboxylic acids is 1. The molecule has 0 unspecified atom stereocenters. The van der Waals surface area contributed by atoms with Gasteiger partial charge in [-0.15, -0.1) is 0 Å². The first-order valence-corrected chi connectivity index (χ1v) is 10.5. The number of carbonyl (C=O) groups is 1. The molecule has 2 aromatic carbocycles. The van der Waals surface area contributed by atoms with Crippen molar-refractivity contribution in [1.29, 1.82) is 0 Å². The van der Waals surface area contributed by atoms with E-state index < -0.39 is 23.8 Å². The van der Waals surface area contributed by atoms with Gasteiger partial charge in [0.2, 0.25) is 0 Å². The summed E-state index contributed by atoms with van der Waals surface area (Å²) < 4.78 is 16.3. The summed E-state index contributed by atoms with van der Waals surface area (Å²) in [5, 5.41) is 19.2. The number of aliphatic hydroxyl groups is 1. The lowest BCUT2D eigenvalue weighted by molar-refractivity contribution is -0.117. The molecule has 2 N–H and O–H groups in total. The predicted molar refractivity (Wildman–Crippen MR) is 113 cm³/mol. The Balaban J connectivity index is 1.68. The molecule has 0 saturated carbocycles. The van der Waals surface area contributed by atoms with Crippen LogP contribution in [0.1, 0.15) is 41.1 Å². The first kappa shape index (κ1) is 19.9. The van der Waals surface area contributed by atoms with Crippen LogP contribution in [0, 0.1) is 5.82 Å². The maximum Gasteiger partial charge on any atom is 0.164 e. The highest BCUT2D eigenvalue weighted by molar-refractivity contribution is 6.31. The molecule has 2 heterocycles. The lowest BCUT2D eigenvalue weighted by Crippen LogP contribution is -2.38. The van der Waals surface area contributed by atoms with Crippen molar-refractivity contribution in [2.45, 2.75) is 30.8 Å². The van der Waals surface area contributed by atoms with E-state index in [1.165, 1.54) is 29.5 Å². The van der Waals surface area contributed by atoms with E-state index in [2.05, 4.69) is 15.4 Å². The fourth-order valence-corrected chi connectivity index (χ4v) is 5.08. The number of rotatable bonds is 3. The summed E-state index contributed by atoms with van der Waals surface area (Å²) in [5.41, 5.74) is 2.58. The van der Waals surface area contributed by atoms with E-state index >= 15 is 0 Å². The summed E-state index contributed by atoms with van der Waals surface area (Å²) >= 11 is 6.33. The fraction of sp³-hybridized carbons (Fsp3) is 0.261. The molecule has 1 aliphatic heterocycles. The van der Waals surface area contributed by atoms with Gasteiger partial charge in [-0.25, -0.2) is 14.1 Å². The second kappa shape index (κ2) is 7.90. The van der Waals surface area contributed by atoms with Crippen molar-refractivity contribution in [1.82, 2.24) is 20.1 Å². The average molecular weight is 439 g/mol. The molecule has 3 atom stereocenters. The van der Waals surface area contributed by atoms with Crippen LogP contribution in [0.15, 0.2) is 66.5 Å². The number of aliphatic hydroxyl groups excluding tert-OH is 1. The highest BCUT2D eigenvalue weighted by atomic mass is 35.5. The molecule has 1 aliphatic carbocycles. The van der Waals surface area contributed by atoms with Gasteiger partial charge in [0.15, 0.2) is 5.78 Å². The highest BCUT2D eigenvalue weighted by Crippen LogP contribution is 2.47. The summed E-state index contributed by atoms with van der Waals surface area (Å²) in [6.45, 7) is 0.683. The van der Waals surface area contributed by atoms with Gasteiger partial charge in [-0.3, -0.25) is 4.79 Å². The van der Waals surface area contributed by atoms with Crippen LogP contribution < -0.4 is 5.32 Å². The number of nitrogens with one attached hydrogen (secondary N) is 1. The minimum atomic E-state index is -0.805. The molecule has 6 nitrogen and oxygen atoms in total. The van der Waals surface area contributed by atoms with Gasteiger partial charge in [-0.05, 0) is 29.7 Å². The number of aromatic nitrogens is 3. The number of nitrogens with zero attached hydrogens (tertiary/aromatic N) is 3.